The summed E-state index contributed by atoms with van der Waals surface area (Å²) in [5, 5.41) is 3.85. The van der Waals surface area contributed by atoms with Crippen molar-refractivity contribution >= 4 is 22.6 Å². The molecule has 1 aliphatic rings. The zero-order chi connectivity index (χ0) is 20.4. The lowest BCUT2D eigenvalue weighted by Crippen LogP contribution is -2.37. The van der Waals surface area contributed by atoms with Crippen LogP contribution in [0, 0.1) is 6.92 Å². The van der Waals surface area contributed by atoms with Gasteiger partial charge in [-0.1, -0.05) is 12.1 Å². The third-order valence-corrected chi connectivity index (χ3v) is 5.06. The zero-order valence-corrected chi connectivity index (χ0v) is 16.7. The molecular formula is C23H25N3O3. The molecule has 29 heavy (non-hydrogen) atoms. The molecule has 0 aliphatic heterocycles. The molecular weight excluding hydrogens is 366 g/mol. The number of urea groups is 1. The van der Waals surface area contributed by atoms with Crippen LogP contribution in [0.25, 0.3) is 10.9 Å². The first-order valence-electron chi connectivity index (χ1n) is 9.96. The van der Waals surface area contributed by atoms with E-state index in [1.807, 2.05) is 62.4 Å². The second-order valence-corrected chi connectivity index (χ2v) is 7.46. The number of rotatable bonds is 6. The maximum atomic E-state index is 12.9. The lowest BCUT2D eigenvalue weighted by molar-refractivity contribution is 0.206. The van der Waals surface area contributed by atoms with Crippen LogP contribution in [0.3, 0.4) is 0 Å². The number of aromatic nitrogens is 1. The summed E-state index contributed by atoms with van der Waals surface area (Å²) in [6.07, 6.45) is 1.92. The van der Waals surface area contributed by atoms with E-state index in [1.54, 1.807) is 4.90 Å². The highest BCUT2D eigenvalue weighted by Crippen LogP contribution is 2.29. The van der Waals surface area contributed by atoms with Crippen molar-refractivity contribution in [1.82, 2.24) is 9.88 Å². The molecule has 0 bridgehead atoms. The van der Waals surface area contributed by atoms with Gasteiger partial charge in [0.15, 0.2) is 0 Å². The third-order valence-electron chi connectivity index (χ3n) is 5.06. The molecule has 0 unspecified atom stereocenters. The Morgan fingerprint density at radius 1 is 1.21 bits per heavy atom. The molecule has 1 aliphatic carbocycles. The van der Waals surface area contributed by atoms with Gasteiger partial charge in [-0.15, -0.1) is 0 Å². The smallest absolute Gasteiger partial charge is 0.322 e. The topological polar surface area (TPSA) is 74.4 Å². The van der Waals surface area contributed by atoms with Crippen LogP contribution in [-0.4, -0.2) is 28.6 Å². The maximum Gasteiger partial charge on any atom is 0.322 e. The summed E-state index contributed by atoms with van der Waals surface area (Å²) in [6.45, 7) is 4.77. The number of anilines is 1. The Morgan fingerprint density at radius 2 is 2.03 bits per heavy atom. The Hall–Kier alpha value is -3.28. The van der Waals surface area contributed by atoms with E-state index in [4.69, 9.17) is 4.74 Å². The fourth-order valence-electron chi connectivity index (χ4n) is 3.46. The number of nitrogens with one attached hydrogen (secondary N) is 2. The van der Waals surface area contributed by atoms with E-state index < -0.39 is 0 Å². The molecule has 2 N–H and O–H groups in total. The first-order valence-corrected chi connectivity index (χ1v) is 9.96. The van der Waals surface area contributed by atoms with Gasteiger partial charge in [0, 0.05) is 28.2 Å². The van der Waals surface area contributed by atoms with Crippen LogP contribution >= 0.6 is 0 Å². The second kappa shape index (κ2) is 7.99. The van der Waals surface area contributed by atoms with Crippen molar-refractivity contribution in [2.75, 3.05) is 11.9 Å². The number of benzene rings is 2. The van der Waals surface area contributed by atoms with Crippen molar-refractivity contribution in [3.63, 3.8) is 0 Å². The fourth-order valence-corrected chi connectivity index (χ4v) is 3.46. The van der Waals surface area contributed by atoms with Crippen LogP contribution < -0.4 is 15.6 Å². The van der Waals surface area contributed by atoms with Crippen molar-refractivity contribution in [1.29, 1.82) is 0 Å². The number of fused-ring (bicyclic) bond motifs is 1. The number of pyridine rings is 1. The zero-order valence-electron chi connectivity index (χ0n) is 16.7. The van der Waals surface area contributed by atoms with E-state index >= 15 is 0 Å². The van der Waals surface area contributed by atoms with Crippen LogP contribution in [0.15, 0.2) is 53.3 Å². The Morgan fingerprint density at radius 3 is 2.76 bits per heavy atom. The Labute approximate surface area is 169 Å². The average molecular weight is 391 g/mol. The number of amides is 2. The predicted octanol–water partition coefficient (Wildman–Crippen LogP) is 4.43. The first-order chi connectivity index (χ1) is 14.0. The Kier molecular flexibility index (Phi) is 5.25. The summed E-state index contributed by atoms with van der Waals surface area (Å²) >= 11 is 0. The molecule has 1 heterocycles. The van der Waals surface area contributed by atoms with Gasteiger partial charge in [-0.05, 0) is 68.7 Å². The van der Waals surface area contributed by atoms with Crippen LogP contribution in [0.5, 0.6) is 5.75 Å². The van der Waals surface area contributed by atoms with Crippen molar-refractivity contribution in [3.05, 3.63) is 70.0 Å². The van der Waals surface area contributed by atoms with E-state index in [2.05, 4.69) is 10.3 Å². The number of hydrogen-bond donors (Lipinski definition) is 2. The van der Waals surface area contributed by atoms with Crippen molar-refractivity contribution in [2.45, 2.75) is 39.3 Å². The van der Waals surface area contributed by atoms with E-state index in [-0.39, 0.29) is 24.2 Å². The number of nitrogens with zero attached hydrogens (tertiary/aromatic N) is 1. The summed E-state index contributed by atoms with van der Waals surface area (Å²) in [7, 11) is 0. The van der Waals surface area contributed by atoms with Crippen molar-refractivity contribution in [3.8, 4) is 5.75 Å². The first kappa shape index (κ1) is 19.1. The fraction of sp³-hybridized carbons (Fsp3) is 0.304. The van der Waals surface area contributed by atoms with Gasteiger partial charge >= 0.3 is 6.03 Å². The quantitative estimate of drug-likeness (QED) is 0.653. The lowest BCUT2D eigenvalue weighted by atomic mass is 10.1. The maximum absolute atomic E-state index is 12.9. The predicted molar refractivity (Wildman–Crippen MR) is 115 cm³/mol. The van der Waals surface area contributed by atoms with E-state index in [9.17, 15) is 9.59 Å². The minimum Gasteiger partial charge on any atom is -0.494 e. The number of H-pyrrole nitrogens is 1. The highest BCUT2D eigenvalue weighted by molar-refractivity contribution is 5.90. The van der Waals surface area contributed by atoms with Crippen molar-refractivity contribution in [2.24, 2.45) is 0 Å². The molecule has 6 nitrogen and oxygen atoms in total. The van der Waals surface area contributed by atoms with Crippen LogP contribution in [0.2, 0.25) is 0 Å². The summed E-state index contributed by atoms with van der Waals surface area (Å²) in [5.41, 5.74) is 2.99. The number of aromatic amines is 1. The van der Waals surface area contributed by atoms with Crippen LogP contribution in [0.4, 0.5) is 10.5 Å². The molecule has 1 fully saturated rings. The highest BCUT2D eigenvalue weighted by Gasteiger charge is 2.33. The molecule has 0 atom stereocenters. The molecule has 6 heteroatoms. The molecule has 3 aromatic rings. The summed E-state index contributed by atoms with van der Waals surface area (Å²) < 4.78 is 5.56. The highest BCUT2D eigenvalue weighted by atomic mass is 16.5. The molecule has 150 valence electrons. The van der Waals surface area contributed by atoms with E-state index in [0.717, 1.165) is 40.7 Å². The average Bonchev–Trinajstić information content (AvgIpc) is 3.52. The van der Waals surface area contributed by atoms with E-state index in [0.29, 0.717) is 12.2 Å². The molecule has 2 aromatic carbocycles. The number of aryl methyl sites for hydroxylation is 1. The monoisotopic (exact) mass is 391 g/mol. The molecule has 1 aromatic heterocycles. The van der Waals surface area contributed by atoms with Gasteiger partial charge in [-0.2, -0.15) is 0 Å². The standard InChI is InChI=1S/C23H25N3O3/c1-3-29-20-9-10-21-16(13-20)12-17(22(27)25-21)14-26(19-7-8-19)23(28)24-18-6-4-5-15(2)11-18/h4-6,9-13,19H,3,7-8,14H2,1-2H3,(H,24,28)(H,25,27). The number of hydrogen-bond acceptors (Lipinski definition) is 3. The number of carbonyl (C=O) groups is 1. The number of ether oxygens (including phenoxy) is 1. The summed E-state index contributed by atoms with van der Waals surface area (Å²) in [4.78, 5) is 30.2. The number of carbonyl (C=O) groups excluding carboxylic acids is 1. The second-order valence-electron chi connectivity index (χ2n) is 7.46. The molecule has 0 saturated heterocycles. The molecule has 2 amide bonds. The normalized spacial score (nSPS) is 13.3. The largest absolute Gasteiger partial charge is 0.494 e. The van der Waals surface area contributed by atoms with Gasteiger partial charge in [0.05, 0.1) is 13.2 Å². The molecule has 0 spiro atoms. The minimum atomic E-state index is -0.180. The van der Waals surface area contributed by atoms with Crippen LogP contribution in [-0.2, 0) is 6.54 Å². The van der Waals surface area contributed by atoms with Gasteiger partial charge in [0.1, 0.15) is 5.75 Å². The van der Waals surface area contributed by atoms with Gasteiger partial charge in [0.2, 0.25) is 0 Å². The van der Waals surface area contributed by atoms with E-state index in [1.165, 1.54) is 0 Å². The van der Waals surface area contributed by atoms with Gasteiger partial charge in [0.25, 0.3) is 5.56 Å². The minimum absolute atomic E-state index is 0.171. The van der Waals surface area contributed by atoms with Gasteiger partial charge < -0.3 is 19.9 Å². The summed E-state index contributed by atoms with van der Waals surface area (Å²) in [5.74, 6) is 0.759. The molecule has 1 saturated carbocycles. The third kappa shape index (κ3) is 4.42. The molecule has 4 rings (SSSR count). The summed E-state index contributed by atoms with van der Waals surface area (Å²) in [6, 6.07) is 15.1. The van der Waals surface area contributed by atoms with Crippen LogP contribution in [0.1, 0.15) is 30.9 Å². The van der Waals surface area contributed by atoms with Crippen molar-refractivity contribution < 1.29 is 9.53 Å². The van der Waals surface area contributed by atoms with Gasteiger partial charge in [-0.25, -0.2) is 4.79 Å². The molecule has 0 radical (unpaired) electrons. The Bertz CT molecular complexity index is 1100. The lowest BCUT2D eigenvalue weighted by Gasteiger charge is -2.23. The van der Waals surface area contributed by atoms with Gasteiger partial charge in [-0.3, -0.25) is 4.79 Å². The SMILES string of the molecule is CCOc1ccc2[nH]c(=O)c(CN(C(=O)Nc3cccc(C)c3)C3CC3)cc2c1. The Balaban J connectivity index is 1.59.